The summed E-state index contributed by atoms with van der Waals surface area (Å²) in [5.41, 5.74) is -3.18. The molecule has 0 aromatic heterocycles. The summed E-state index contributed by atoms with van der Waals surface area (Å²) in [4.78, 5) is 35.4. The normalized spacial score (nSPS) is 21.2. The van der Waals surface area contributed by atoms with Crippen LogP contribution in [0.15, 0.2) is 35.5 Å². The van der Waals surface area contributed by atoms with Crippen molar-refractivity contribution in [2.24, 2.45) is 5.16 Å². The first-order valence-corrected chi connectivity index (χ1v) is 12.8. The number of nitrogens with zero attached hydrogens (tertiary/aromatic N) is 2. The molecule has 0 spiro atoms. The summed E-state index contributed by atoms with van der Waals surface area (Å²) in [5.74, 6) is -1.51. The topological polar surface area (TPSA) is 89.5 Å². The maximum Gasteiger partial charge on any atom is 0.435 e. The van der Waals surface area contributed by atoms with Crippen molar-refractivity contribution in [2.75, 3.05) is 13.2 Å². The number of carbonyl (C=O) groups excluding carboxylic acids is 2. The van der Waals surface area contributed by atoms with E-state index in [9.17, 15) is 27.2 Å². The fraction of sp³-hybridized carbons (Fsp3) is 0.423. The molecule has 2 amide bonds. The van der Waals surface area contributed by atoms with Gasteiger partial charge in [0.1, 0.15) is 5.60 Å². The van der Waals surface area contributed by atoms with E-state index in [1.807, 2.05) is 0 Å². The van der Waals surface area contributed by atoms with Gasteiger partial charge in [0.25, 0.3) is 11.5 Å². The van der Waals surface area contributed by atoms with Crippen molar-refractivity contribution in [2.45, 2.75) is 57.5 Å². The Bertz CT molecular complexity index is 1360. The van der Waals surface area contributed by atoms with Gasteiger partial charge in [0.2, 0.25) is 0 Å². The molecule has 216 valence electrons. The highest BCUT2D eigenvalue weighted by atomic mass is 35.5. The lowest BCUT2D eigenvalue weighted by molar-refractivity contribution is -0.275. The summed E-state index contributed by atoms with van der Waals surface area (Å²) < 4.78 is 62.0. The van der Waals surface area contributed by atoms with Gasteiger partial charge in [-0.3, -0.25) is 9.63 Å². The van der Waals surface area contributed by atoms with Crippen molar-refractivity contribution < 1.29 is 41.6 Å². The van der Waals surface area contributed by atoms with E-state index in [-0.39, 0.29) is 24.4 Å². The van der Waals surface area contributed by atoms with Crippen LogP contribution >= 0.6 is 23.2 Å². The molecule has 4 rings (SSSR count). The smallest absolute Gasteiger partial charge is 0.435 e. The van der Waals surface area contributed by atoms with Crippen molar-refractivity contribution in [3.05, 3.63) is 68.4 Å². The van der Waals surface area contributed by atoms with Crippen LogP contribution in [0, 0.1) is 12.7 Å². The van der Waals surface area contributed by atoms with E-state index in [2.05, 4.69) is 10.5 Å². The molecule has 0 saturated carbocycles. The van der Waals surface area contributed by atoms with E-state index in [1.165, 1.54) is 18.2 Å². The highest BCUT2D eigenvalue weighted by molar-refractivity contribution is 6.35. The minimum absolute atomic E-state index is 0.0406. The molecule has 0 unspecified atom stereocenters. The van der Waals surface area contributed by atoms with Crippen molar-refractivity contribution in [1.29, 1.82) is 0 Å². The van der Waals surface area contributed by atoms with Gasteiger partial charge in [0.05, 0.1) is 35.0 Å². The van der Waals surface area contributed by atoms with Crippen molar-refractivity contribution in [3.63, 3.8) is 0 Å². The van der Waals surface area contributed by atoms with Crippen molar-refractivity contribution in [3.8, 4) is 0 Å². The molecule has 1 fully saturated rings. The number of rotatable bonds is 4. The number of oxime groups is 1. The predicted octanol–water partition coefficient (Wildman–Crippen LogP) is 6.30. The van der Waals surface area contributed by atoms with Crippen LogP contribution < -0.4 is 5.32 Å². The van der Waals surface area contributed by atoms with Gasteiger partial charge in [-0.05, 0) is 63.1 Å². The average molecular weight is 606 g/mol. The minimum atomic E-state index is -4.95. The van der Waals surface area contributed by atoms with Gasteiger partial charge < -0.3 is 14.9 Å². The maximum absolute atomic E-state index is 14.3. The van der Waals surface area contributed by atoms with Gasteiger partial charge in [-0.1, -0.05) is 34.4 Å². The van der Waals surface area contributed by atoms with E-state index in [4.69, 9.17) is 37.6 Å². The zero-order valence-electron chi connectivity index (χ0n) is 21.8. The van der Waals surface area contributed by atoms with Gasteiger partial charge in [-0.2, -0.15) is 18.2 Å². The van der Waals surface area contributed by atoms with Gasteiger partial charge >= 0.3 is 12.3 Å². The third-order valence-electron chi connectivity index (χ3n) is 6.19. The van der Waals surface area contributed by atoms with Gasteiger partial charge in [0, 0.05) is 17.5 Å². The molecule has 2 aromatic rings. The molecule has 2 aromatic carbocycles. The molecule has 0 aliphatic carbocycles. The van der Waals surface area contributed by atoms with Gasteiger partial charge in [0.15, 0.2) is 5.82 Å². The van der Waals surface area contributed by atoms with E-state index in [0.29, 0.717) is 11.1 Å². The fourth-order valence-electron chi connectivity index (χ4n) is 4.22. The molecular weight excluding hydrogens is 581 g/mol. The Balaban J connectivity index is 1.48. The Labute approximate surface area is 237 Å². The van der Waals surface area contributed by atoms with Gasteiger partial charge in [-0.15, -0.1) is 0 Å². The zero-order chi connectivity index (χ0) is 29.6. The number of benzene rings is 2. The first-order valence-electron chi connectivity index (χ1n) is 12.0. The quantitative estimate of drug-likeness (QED) is 0.326. The number of carbonyl (C=O) groups is 2. The van der Waals surface area contributed by atoms with Crippen LogP contribution in [0.1, 0.15) is 54.2 Å². The number of hydrogen-bond donors (Lipinski definition) is 1. The van der Waals surface area contributed by atoms with Crippen LogP contribution in [0.2, 0.25) is 10.0 Å². The highest BCUT2D eigenvalue weighted by Crippen LogP contribution is 2.50. The van der Waals surface area contributed by atoms with E-state index in [1.54, 1.807) is 27.7 Å². The molecule has 14 heteroatoms. The SMILES string of the molecule is Cc1cc(C2=NO[C@@](c3cc(Cl)c(F)c(Cl)c3)(C(F)(F)F)C2)ccc1C(=O)N[C@@H]1CON(C(=O)OC(C)(C)C)C1. The third kappa shape index (κ3) is 5.98. The molecule has 2 heterocycles. The maximum atomic E-state index is 14.3. The molecule has 2 aliphatic rings. The number of halogens is 6. The lowest BCUT2D eigenvalue weighted by Crippen LogP contribution is -2.42. The average Bonchev–Trinajstić information content (AvgIpc) is 3.49. The highest BCUT2D eigenvalue weighted by Gasteiger charge is 2.62. The molecule has 0 radical (unpaired) electrons. The Kier molecular flexibility index (Phi) is 8.00. The number of hydrogen-bond acceptors (Lipinski definition) is 6. The monoisotopic (exact) mass is 605 g/mol. The summed E-state index contributed by atoms with van der Waals surface area (Å²) in [6.45, 7) is 6.88. The molecule has 0 bridgehead atoms. The largest absolute Gasteiger partial charge is 0.442 e. The summed E-state index contributed by atoms with van der Waals surface area (Å²) in [6.07, 6.45) is -6.36. The Morgan fingerprint density at radius 1 is 1.15 bits per heavy atom. The van der Waals surface area contributed by atoms with Gasteiger partial charge in [-0.25, -0.2) is 9.18 Å². The first-order chi connectivity index (χ1) is 18.5. The van der Waals surface area contributed by atoms with Crippen LogP contribution in [-0.2, 0) is 20.0 Å². The summed E-state index contributed by atoms with van der Waals surface area (Å²) >= 11 is 11.5. The third-order valence-corrected chi connectivity index (χ3v) is 6.74. The Hall–Kier alpha value is -3.09. The number of nitrogens with one attached hydrogen (secondary N) is 1. The number of alkyl halides is 3. The van der Waals surface area contributed by atoms with Crippen LogP contribution in [-0.4, -0.2) is 53.7 Å². The van der Waals surface area contributed by atoms with Crippen molar-refractivity contribution >= 4 is 40.9 Å². The molecule has 40 heavy (non-hydrogen) atoms. The molecule has 1 N–H and O–H groups in total. The lowest BCUT2D eigenvalue weighted by Gasteiger charge is -2.29. The molecular formula is C26H25Cl2F4N3O5. The van der Waals surface area contributed by atoms with E-state index >= 15 is 0 Å². The standard InChI is InChI=1S/C26H25Cl2F4N3O5/c1-13-7-14(5-6-17(13)22(36)33-16-11-35(38-12-16)23(37)39-24(2,3)4)20-10-25(40-34-20,26(30,31)32)15-8-18(27)21(29)19(28)9-15/h5-9,16H,10-12H2,1-4H3,(H,33,36)/t16-,25-/m0/s1. The fourth-order valence-corrected chi connectivity index (χ4v) is 4.71. The van der Waals surface area contributed by atoms with Crippen LogP contribution in [0.25, 0.3) is 0 Å². The van der Waals surface area contributed by atoms with Crippen LogP contribution in [0.3, 0.4) is 0 Å². The van der Waals surface area contributed by atoms with E-state index in [0.717, 1.165) is 17.2 Å². The van der Waals surface area contributed by atoms with Crippen LogP contribution in [0.5, 0.6) is 0 Å². The molecule has 1 saturated heterocycles. The Morgan fingerprint density at radius 2 is 1.80 bits per heavy atom. The number of amides is 2. The van der Waals surface area contributed by atoms with Crippen molar-refractivity contribution in [1.82, 2.24) is 10.4 Å². The molecule has 2 aliphatic heterocycles. The number of ether oxygens (including phenoxy) is 1. The molecule has 2 atom stereocenters. The summed E-state index contributed by atoms with van der Waals surface area (Å²) in [5, 5.41) is 6.31. The van der Waals surface area contributed by atoms with E-state index < -0.39 is 63.3 Å². The predicted molar refractivity (Wildman–Crippen MR) is 138 cm³/mol. The second kappa shape index (κ2) is 10.7. The summed E-state index contributed by atoms with van der Waals surface area (Å²) in [6, 6.07) is 5.51. The van der Waals surface area contributed by atoms with Crippen LogP contribution in [0.4, 0.5) is 22.4 Å². The molecule has 8 nitrogen and oxygen atoms in total. The lowest BCUT2D eigenvalue weighted by atomic mass is 9.86. The summed E-state index contributed by atoms with van der Waals surface area (Å²) in [7, 11) is 0. The second-order valence-electron chi connectivity index (χ2n) is 10.4. The number of aryl methyl sites for hydroxylation is 1. The first kappa shape index (κ1) is 29.9. The number of hydroxylamine groups is 2. The Morgan fingerprint density at radius 3 is 2.38 bits per heavy atom. The zero-order valence-corrected chi connectivity index (χ0v) is 23.3. The second-order valence-corrected chi connectivity index (χ2v) is 11.2. The minimum Gasteiger partial charge on any atom is -0.442 e.